The highest BCUT2D eigenvalue weighted by Crippen LogP contribution is 2.27. The number of rotatable bonds is 6. The number of nitrogens with one attached hydrogen (secondary N) is 1. The first kappa shape index (κ1) is 16.7. The number of carbonyl (C=O) groups is 1. The van der Waals surface area contributed by atoms with Gasteiger partial charge in [0.25, 0.3) is 5.91 Å². The first-order chi connectivity index (χ1) is 9.73. The Morgan fingerprint density at radius 2 is 2.10 bits per heavy atom. The van der Waals surface area contributed by atoms with Crippen LogP contribution >= 0.6 is 0 Å². The molecule has 0 radical (unpaired) electrons. The van der Waals surface area contributed by atoms with Crippen molar-refractivity contribution in [1.82, 2.24) is 5.32 Å². The minimum Gasteiger partial charge on any atom is -0.477 e. The van der Waals surface area contributed by atoms with Gasteiger partial charge < -0.3 is 15.8 Å². The van der Waals surface area contributed by atoms with Gasteiger partial charge in [0.2, 0.25) is 0 Å². The number of nitrogens with two attached hydrogens (primary N) is 1. The van der Waals surface area contributed by atoms with Crippen LogP contribution in [0.2, 0.25) is 0 Å². The lowest BCUT2D eigenvalue weighted by Crippen LogP contribution is -2.36. The van der Waals surface area contributed by atoms with Crippen LogP contribution in [0.3, 0.4) is 0 Å². The number of hydrogen-bond donors (Lipinski definition) is 2. The molecule has 0 aromatic heterocycles. The monoisotopic (exact) mass is 307 g/mol. The third kappa shape index (κ3) is 5.65. The van der Waals surface area contributed by atoms with Crippen molar-refractivity contribution in [2.75, 3.05) is 13.2 Å². The van der Waals surface area contributed by atoms with Crippen molar-refractivity contribution in [1.29, 1.82) is 0 Å². The summed E-state index contributed by atoms with van der Waals surface area (Å²) in [6.45, 7) is -2.18. The van der Waals surface area contributed by atoms with Gasteiger partial charge in [0.15, 0.2) is 12.4 Å². The normalized spacial score (nSPS) is 11.0. The Bertz CT molecular complexity index is 534. The molecule has 0 unspecified atom stereocenters. The van der Waals surface area contributed by atoms with Crippen molar-refractivity contribution in [3.63, 3.8) is 0 Å². The molecule has 1 rings (SSSR count). The summed E-state index contributed by atoms with van der Waals surface area (Å²) < 4.78 is 40.6. The molecule has 7 nitrogen and oxygen atoms in total. The molecule has 0 aliphatic heterocycles. The Hall–Kier alpha value is -2.36. The van der Waals surface area contributed by atoms with Crippen LogP contribution in [0.15, 0.2) is 18.2 Å². The molecule has 0 spiro atoms. The maximum Gasteiger partial charge on any atom is 0.405 e. The summed E-state index contributed by atoms with van der Waals surface area (Å²) >= 11 is 0. The Kier molecular flexibility index (Phi) is 5.47. The molecule has 1 aromatic carbocycles. The van der Waals surface area contributed by atoms with Gasteiger partial charge in [0.1, 0.15) is 6.54 Å². The van der Waals surface area contributed by atoms with Crippen molar-refractivity contribution in [2.24, 2.45) is 5.73 Å². The molecule has 1 aromatic rings. The highest BCUT2D eigenvalue weighted by Gasteiger charge is 2.27. The van der Waals surface area contributed by atoms with Crippen LogP contribution < -0.4 is 15.8 Å². The van der Waals surface area contributed by atoms with Gasteiger partial charge in [-0.25, -0.2) is 0 Å². The topological polar surface area (TPSA) is 107 Å². The number of alkyl halides is 3. The van der Waals surface area contributed by atoms with Crippen LogP contribution in [0.1, 0.15) is 5.56 Å². The van der Waals surface area contributed by atoms with Crippen molar-refractivity contribution in [2.45, 2.75) is 12.7 Å². The van der Waals surface area contributed by atoms with E-state index in [1.165, 1.54) is 12.1 Å². The number of nitrogens with zero attached hydrogens (tertiary/aromatic N) is 1. The number of benzene rings is 1. The van der Waals surface area contributed by atoms with E-state index in [0.717, 1.165) is 6.07 Å². The van der Waals surface area contributed by atoms with Crippen molar-refractivity contribution in [3.8, 4) is 5.75 Å². The third-order valence-electron chi connectivity index (χ3n) is 2.30. The molecule has 0 fully saturated rings. The number of hydrogen-bond acceptors (Lipinski definition) is 5. The van der Waals surface area contributed by atoms with Crippen molar-refractivity contribution in [3.05, 3.63) is 33.9 Å². The first-order valence-corrected chi connectivity index (χ1v) is 5.66. The molecular weight excluding hydrogens is 295 g/mol. The molecule has 0 saturated heterocycles. The summed E-state index contributed by atoms with van der Waals surface area (Å²) in [7, 11) is 0. The van der Waals surface area contributed by atoms with Crippen LogP contribution in [-0.4, -0.2) is 30.2 Å². The second kappa shape index (κ2) is 6.88. The van der Waals surface area contributed by atoms with Gasteiger partial charge in [0, 0.05) is 12.6 Å². The Morgan fingerprint density at radius 3 is 2.62 bits per heavy atom. The summed E-state index contributed by atoms with van der Waals surface area (Å²) in [6, 6.07) is 3.81. The quantitative estimate of drug-likeness (QED) is 0.604. The second-order valence-electron chi connectivity index (χ2n) is 3.94. The zero-order valence-corrected chi connectivity index (χ0v) is 10.6. The van der Waals surface area contributed by atoms with Gasteiger partial charge in [-0.15, -0.1) is 0 Å². The summed E-state index contributed by atoms with van der Waals surface area (Å²) in [5.41, 5.74) is 5.48. The molecule has 0 aliphatic rings. The van der Waals surface area contributed by atoms with Gasteiger partial charge >= 0.3 is 11.9 Å². The molecular formula is C11H12F3N3O4. The molecule has 0 saturated carbocycles. The minimum atomic E-state index is -4.54. The summed E-state index contributed by atoms with van der Waals surface area (Å²) in [6.07, 6.45) is -4.54. The zero-order chi connectivity index (χ0) is 16.0. The lowest BCUT2D eigenvalue weighted by molar-refractivity contribution is -0.385. The SMILES string of the molecule is NCc1ccc([N+](=O)[O-])c(OCC(=O)NCC(F)(F)F)c1. The molecule has 0 bridgehead atoms. The molecule has 1 amide bonds. The summed E-state index contributed by atoms with van der Waals surface area (Å²) in [5, 5.41) is 12.4. The molecule has 0 aliphatic carbocycles. The smallest absolute Gasteiger partial charge is 0.405 e. The van der Waals surface area contributed by atoms with Gasteiger partial charge in [-0.2, -0.15) is 13.2 Å². The number of nitro benzene ring substituents is 1. The number of nitro groups is 1. The summed E-state index contributed by atoms with van der Waals surface area (Å²) in [5.74, 6) is -1.27. The van der Waals surface area contributed by atoms with Crippen LogP contribution in [0.25, 0.3) is 0 Å². The number of amides is 1. The maximum absolute atomic E-state index is 11.9. The van der Waals surface area contributed by atoms with Crippen LogP contribution in [-0.2, 0) is 11.3 Å². The Morgan fingerprint density at radius 1 is 1.43 bits per heavy atom. The molecule has 116 valence electrons. The number of halogens is 3. The molecule has 3 N–H and O–H groups in total. The van der Waals surface area contributed by atoms with E-state index < -0.39 is 35.8 Å². The van der Waals surface area contributed by atoms with E-state index in [2.05, 4.69) is 0 Å². The van der Waals surface area contributed by atoms with Gasteiger partial charge in [-0.05, 0) is 11.6 Å². The zero-order valence-electron chi connectivity index (χ0n) is 10.6. The van der Waals surface area contributed by atoms with Crippen LogP contribution in [0.4, 0.5) is 18.9 Å². The highest BCUT2D eigenvalue weighted by atomic mass is 19.4. The van der Waals surface area contributed by atoms with Gasteiger partial charge in [0.05, 0.1) is 4.92 Å². The molecule has 10 heteroatoms. The standard InChI is InChI=1S/C11H12F3N3O4/c12-11(13,14)6-16-10(18)5-21-9-3-7(4-15)1-2-8(9)17(19)20/h1-3H,4-6,15H2,(H,16,18). The summed E-state index contributed by atoms with van der Waals surface area (Å²) in [4.78, 5) is 21.2. The predicted molar refractivity (Wildman–Crippen MR) is 65.5 cm³/mol. The fourth-order valence-corrected chi connectivity index (χ4v) is 1.35. The fourth-order valence-electron chi connectivity index (χ4n) is 1.35. The van der Waals surface area contributed by atoms with Gasteiger partial charge in [-0.1, -0.05) is 6.07 Å². The average Bonchev–Trinajstić information content (AvgIpc) is 2.41. The molecule has 0 atom stereocenters. The second-order valence-corrected chi connectivity index (χ2v) is 3.94. The van der Waals surface area contributed by atoms with E-state index >= 15 is 0 Å². The van der Waals surface area contributed by atoms with E-state index in [4.69, 9.17) is 10.5 Å². The van der Waals surface area contributed by atoms with Crippen molar-refractivity contribution < 1.29 is 27.6 Å². The predicted octanol–water partition coefficient (Wildman–Crippen LogP) is 1.11. The average molecular weight is 307 g/mol. The van der Waals surface area contributed by atoms with E-state index in [-0.39, 0.29) is 12.3 Å². The minimum absolute atomic E-state index is 0.0919. The van der Waals surface area contributed by atoms with Gasteiger partial charge in [-0.3, -0.25) is 14.9 Å². The molecule has 0 heterocycles. The highest BCUT2D eigenvalue weighted by molar-refractivity contribution is 5.77. The largest absolute Gasteiger partial charge is 0.477 e. The van der Waals surface area contributed by atoms with E-state index in [1.807, 2.05) is 0 Å². The third-order valence-corrected chi connectivity index (χ3v) is 2.30. The van der Waals surface area contributed by atoms with E-state index in [9.17, 15) is 28.1 Å². The van der Waals surface area contributed by atoms with Crippen molar-refractivity contribution >= 4 is 11.6 Å². The first-order valence-electron chi connectivity index (χ1n) is 5.66. The van der Waals surface area contributed by atoms with Crippen LogP contribution in [0.5, 0.6) is 5.75 Å². The van der Waals surface area contributed by atoms with E-state index in [0.29, 0.717) is 5.56 Å². The van der Waals surface area contributed by atoms with Crippen LogP contribution in [0, 0.1) is 10.1 Å². The number of ether oxygens (including phenoxy) is 1. The lowest BCUT2D eigenvalue weighted by Gasteiger charge is -2.10. The Labute approximate surface area is 117 Å². The fraction of sp³-hybridized carbons (Fsp3) is 0.364. The Balaban J connectivity index is 2.69. The maximum atomic E-state index is 11.9. The number of carbonyl (C=O) groups excluding carboxylic acids is 1. The molecule has 21 heavy (non-hydrogen) atoms. The lowest BCUT2D eigenvalue weighted by atomic mass is 10.2. The van der Waals surface area contributed by atoms with E-state index in [1.54, 1.807) is 5.32 Å².